The summed E-state index contributed by atoms with van der Waals surface area (Å²) < 4.78 is 26.2. The van der Waals surface area contributed by atoms with E-state index in [0.717, 1.165) is 12.8 Å². The Morgan fingerprint density at radius 1 is 1.65 bits per heavy atom. The molecule has 2 rings (SSSR count). The molecule has 17 heavy (non-hydrogen) atoms. The predicted molar refractivity (Wildman–Crippen MR) is 65.5 cm³/mol. The Labute approximate surface area is 106 Å². The second-order valence-electron chi connectivity index (χ2n) is 4.38. The molecule has 1 atom stereocenters. The third-order valence-electron chi connectivity index (χ3n) is 3.10. The van der Waals surface area contributed by atoms with Crippen molar-refractivity contribution in [3.8, 4) is 0 Å². The maximum Gasteiger partial charge on any atom is 0.246 e. The molecule has 1 aliphatic rings. The minimum Gasteiger partial charge on any atom is -0.281 e. The molecule has 7 heteroatoms. The summed E-state index contributed by atoms with van der Waals surface area (Å²) in [5.74, 6) is 0.767. The predicted octanol–water partition coefficient (Wildman–Crippen LogP) is 1.36. The third-order valence-corrected chi connectivity index (χ3v) is 5.52. The Bertz CT molecular complexity index is 485. The number of aromatic amines is 1. The van der Waals surface area contributed by atoms with Gasteiger partial charge in [0.2, 0.25) is 10.0 Å². The van der Waals surface area contributed by atoms with E-state index in [9.17, 15) is 8.42 Å². The van der Waals surface area contributed by atoms with Gasteiger partial charge in [0.25, 0.3) is 0 Å². The van der Waals surface area contributed by atoms with Crippen molar-refractivity contribution in [3.05, 3.63) is 11.9 Å². The molecule has 1 aromatic rings. The van der Waals surface area contributed by atoms with Crippen molar-refractivity contribution in [1.29, 1.82) is 0 Å². The third kappa shape index (κ3) is 2.48. The van der Waals surface area contributed by atoms with Gasteiger partial charge >= 0.3 is 0 Å². The molecular formula is C10H16ClN3O2S. The fourth-order valence-corrected chi connectivity index (χ4v) is 4.04. The number of rotatable bonds is 3. The number of H-pyrrole nitrogens is 1. The van der Waals surface area contributed by atoms with Crippen LogP contribution in [0, 0.1) is 12.8 Å². The van der Waals surface area contributed by atoms with Gasteiger partial charge in [0, 0.05) is 19.0 Å². The van der Waals surface area contributed by atoms with Gasteiger partial charge in [-0.3, -0.25) is 5.10 Å². The lowest BCUT2D eigenvalue weighted by Gasteiger charge is -2.30. The van der Waals surface area contributed by atoms with Crippen molar-refractivity contribution in [2.75, 3.05) is 19.0 Å². The first-order chi connectivity index (χ1) is 8.05. The first-order valence-corrected chi connectivity index (χ1v) is 7.59. The van der Waals surface area contributed by atoms with Gasteiger partial charge in [-0.1, -0.05) is 0 Å². The van der Waals surface area contributed by atoms with Crippen LogP contribution in [0.5, 0.6) is 0 Å². The van der Waals surface area contributed by atoms with E-state index in [-0.39, 0.29) is 10.8 Å². The highest BCUT2D eigenvalue weighted by atomic mass is 35.5. The lowest BCUT2D eigenvalue weighted by Crippen LogP contribution is -2.40. The maximum absolute atomic E-state index is 12.4. The van der Waals surface area contributed by atoms with Gasteiger partial charge < -0.3 is 0 Å². The number of hydrogen-bond acceptors (Lipinski definition) is 3. The summed E-state index contributed by atoms with van der Waals surface area (Å²) in [4.78, 5) is 0.271. The number of piperidine rings is 1. The van der Waals surface area contributed by atoms with Gasteiger partial charge in [0.1, 0.15) is 4.90 Å². The van der Waals surface area contributed by atoms with E-state index in [1.54, 1.807) is 6.92 Å². The van der Waals surface area contributed by atoms with E-state index in [0.29, 0.717) is 24.7 Å². The molecule has 1 aromatic heterocycles. The molecule has 96 valence electrons. The highest BCUT2D eigenvalue weighted by molar-refractivity contribution is 7.89. The molecule has 1 N–H and O–H groups in total. The van der Waals surface area contributed by atoms with Crippen LogP contribution in [0.2, 0.25) is 0 Å². The number of aryl methyl sites for hydroxylation is 1. The van der Waals surface area contributed by atoms with Crippen LogP contribution in [0.3, 0.4) is 0 Å². The van der Waals surface area contributed by atoms with Crippen LogP contribution < -0.4 is 0 Å². The topological polar surface area (TPSA) is 66.1 Å². The zero-order chi connectivity index (χ0) is 12.5. The Hall–Kier alpha value is -0.590. The number of alkyl halides is 1. The molecule has 2 heterocycles. The molecule has 0 spiro atoms. The van der Waals surface area contributed by atoms with Gasteiger partial charge in [-0.2, -0.15) is 9.40 Å². The molecule has 1 saturated heterocycles. The Morgan fingerprint density at radius 2 is 2.41 bits per heavy atom. The van der Waals surface area contributed by atoms with Crippen LogP contribution >= 0.6 is 11.6 Å². The molecule has 0 saturated carbocycles. The molecule has 0 aromatic carbocycles. The highest BCUT2D eigenvalue weighted by Gasteiger charge is 2.31. The van der Waals surface area contributed by atoms with Crippen molar-refractivity contribution in [2.45, 2.75) is 24.7 Å². The molecule has 1 aliphatic heterocycles. The molecule has 5 nitrogen and oxygen atoms in total. The van der Waals surface area contributed by atoms with Crippen LogP contribution in [0.25, 0.3) is 0 Å². The smallest absolute Gasteiger partial charge is 0.246 e. The summed E-state index contributed by atoms with van der Waals surface area (Å²) >= 11 is 5.81. The van der Waals surface area contributed by atoms with E-state index >= 15 is 0 Å². The zero-order valence-corrected chi connectivity index (χ0v) is 11.3. The Kier molecular flexibility index (Phi) is 3.75. The second-order valence-corrected chi connectivity index (χ2v) is 6.60. The van der Waals surface area contributed by atoms with Crippen LogP contribution in [-0.4, -0.2) is 41.9 Å². The first kappa shape index (κ1) is 12.9. The van der Waals surface area contributed by atoms with Gasteiger partial charge in [-0.15, -0.1) is 11.6 Å². The van der Waals surface area contributed by atoms with E-state index in [2.05, 4.69) is 10.2 Å². The number of sulfonamides is 1. The molecule has 0 amide bonds. The van der Waals surface area contributed by atoms with E-state index in [1.165, 1.54) is 10.5 Å². The minimum absolute atomic E-state index is 0.257. The molecule has 0 aliphatic carbocycles. The SMILES string of the molecule is Cc1[nH]ncc1S(=O)(=O)N1CCCC(CCl)C1. The van der Waals surface area contributed by atoms with Crippen LogP contribution in [0.15, 0.2) is 11.1 Å². The normalized spacial score (nSPS) is 22.8. The molecule has 0 radical (unpaired) electrons. The number of nitrogens with zero attached hydrogens (tertiary/aromatic N) is 2. The Balaban J connectivity index is 2.24. The number of nitrogens with one attached hydrogen (secondary N) is 1. The van der Waals surface area contributed by atoms with Gasteiger partial charge in [-0.05, 0) is 25.7 Å². The van der Waals surface area contributed by atoms with Gasteiger partial charge in [0.15, 0.2) is 0 Å². The van der Waals surface area contributed by atoms with Crippen LogP contribution in [0.4, 0.5) is 0 Å². The molecule has 0 bridgehead atoms. The maximum atomic E-state index is 12.4. The zero-order valence-electron chi connectivity index (χ0n) is 9.69. The fourth-order valence-electron chi connectivity index (χ4n) is 2.11. The summed E-state index contributed by atoms with van der Waals surface area (Å²) in [5, 5.41) is 6.42. The molecular weight excluding hydrogens is 262 g/mol. The molecule has 1 unspecified atom stereocenters. The van der Waals surface area contributed by atoms with Crippen LogP contribution in [-0.2, 0) is 10.0 Å². The van der Waals surface area contributed by atoms with Gasteiger partial charge in [-0.25, -0.2) is 8.42 Å². The van der Waals surface area contributed by atoms with Crippen LogP contribution in [0.1, 0.15) is 18.5 Å². The summed E-state index contributed by atoms with van der Waals surface area (Å²) in [7, 11) is -3.41. The molecule has 1 fully saturated rings. The average molecular weight is 278 g/mol. The van der Waals surface area contributed by atoms with E-state index < -0.39 is 10.0 Å². The van der Waals surface area contributed by atoms with Crippen molar-refractivity contribution >= 4 is 21.6 Å². The Morgan fingerprint density at radius 3 is 3.00 bits per heavy atom. The largest absolute Gasteiger partial charge is 0.281 e. The lowest BCUT2D eigenvalue weighted by molar-refractivity contribution is 0.283. The van der Waals surface area contributed by atoms with E-state index in [4.69, 9.17) is 11.6 Å². The second kappa shape index (κ2) is 4.96. The first-order valence-electron chi connectivity index (χ1n) is 5.61. The van der Waals surface area contributed by atoms with Crippen molar-refractivity contribution in [2.24, 2.45) is 5.92 Å². The fraction of sp³-hybridized carbons (Fsp3) is 0.700. The number of aromatic nitrogens is 2. The van der Waals surface area contributed by atoms with Gasteiger partial charge in [0.05, 0.1) is 11.9 Å². The summed E-state index contributed by atoms with van der Waals surface area (Å²) in [5.41, 5.74) is 0.581. The van der Waals surface area contributed by atoms with Crippen molar-refractivity contribution < 1.29 is 8.42 Å². The summed E-state index contributed by atoms with van der Waals surface area (Å²) in [6, 6.07) is 0. The lowest BCUT2D eigenvalue weighted by atomic mass is 10.0. The minimum atomic E-state index is -3.41. The highest BCUT2D eigenvalue weighted by Crippen LogP contribution is 2.25. The average Bonchev–Trinajstić information content (AvgIpc) is 2.76. The van der Waals surface area contributed by atoms with Crippen molar-refractivity contribution in [1.82, 2.24) is 14.5 Å². The monoisotopic (exact) mass is 277 g/mol. The summed E-state index contributed by atoms with van der Waals surface area (Å²) in [6.45, 7) is 2.79. The number of hydrogen-bond donors (Lipinski definition) is 1. The van der Waals surface area contributed by atoms with Crippen molar-refractivity contribution in [3.63, 3.8) is 0 Å². The number of halogens is 1. The quantitative estimate of drug-likeness (QED) is 0.849. The summed E-state index contributed by atoms with van der Waals surface area (Å²) in [6.07, 6.45) is 3.24. The standard InChI is InChI=1S/C10H16ClN3O2S/c1-8-10(6-12-13-8)17(15,16)14-4-2-3-9(5-11)7-14/h6,9H,2-5,7H2,1H3,(H,12,13). The van der Waals surface area contributed by atoms with E-state index in [1.807, 2.05) is 0 Å².